The molecule has 0 aliphatic carbocycles. The van der Waals surface area contributed by atoms with Crippen LogP contribution in [0.4, 0.5) is 0 Å². The molecular weight excluding hydrogens is 402 g/mol. The summed E-state index contributed by atoms with van der Waals surface area (Å²) in [5.74, 6) is 0.211. The lowest BCUT2D eigenvalue weighted by molar-refractivity contribution is -0.277. The van der Waals surface area contributed by atoms with E-state index in [1.807, 2.05) is 12.3 Å². The first-order valence-electron chi connectivity index (χ1n) is 8.84. The second kappa shape index (κ2) is 7.82. The van der Waals surface area contributed by atoms with Gasteiger partial charge in [-0.1, -0.05) is 0 Å². The lowest BCUT2D eigenvalue weighted by atomic mass is 9.99. The number of aliphatic hydroxyl groups is 4. The summed E-state index contributed by atoms with van der Waals surface area (Å²) >= 11 is 1.35. The van der Waals surface area contributed by atoms with Gasteiger partial charge in [0.25, 0.3) is 0 Å². The molecule has 3 aromatic rings. The van der Waals surface area contributed by atoms with Crippen LogP contribution >= 0.6 is 11.3 Å². The summed E-state index contributed by atoms with van der Waals surface area (Å²) in [6.45, 7) is 1.28. The maximum atomic E-state index is 12.8. The van der Waals surface area contributed by atoms with Crippen LogP contribution in [-0.4, -0.2) is 62.7 Å². The zero-order valence-electron chi connectivity index (χ0n) is 15.3. The fourth-order valence-electron chi connectivity index (χ4n) is 3.11. The molecule has 1 saturated heterocycles. The third-order valence-corrected chi connectivity index (χ3v) is 5.69. The van der Waals surface area contributed by atoms with E-state index in [-0.39, 0.29) is 16.8 Å². The van der Waals surface area contributed by atoms with Gasteiger partial charge in [0.15, 0.2) is 0 Å². The first-order valence-corrected chi connectivity index (χ1v) is 9.72. The number of aryl methyl sites for hydroxylation is 1. The van der Waals surface area contributed by atoms with Crippen molar-refractivity contribution >= 4 is 22.3 Å². The largest absolute Gasteiger partial charge is 0.463 e. The summed E-state index contributed by atoms with van der Waals surface area (Å²) in [5.41, 5.74) is 1.19. The van der Waals surface area contributed by atoms with Crippen LogP contribution in [0.2, 0.25) is 0 Å². The molecule has 2 aromatic heterocycles. The molecule has 5 atom stereocenters. The smallest absolute Gasteiger partial charge is 0.229 e. The van der Waals surface area contributed by atoms with Gasteiger partial charge in [-0.2, -0.15) is 0 Å². The van der Waals surface area contributed by atoms with Crippen LogP contribution in [-0.2, 0) is 4.74 Å². The predicted octanol–water partition coefficient (Wildman–Crippen LogP) is 0.404. The van der Waals surface area contributed by atoms with Gasteiger partial charge in [0.1, 0.15) is 47.0 Å². The molecule has 29 heavy (non-hydrogen) atoms. The van der Waals surface area contributed by atoms with Crippen LogP contribution in [0.25, 0.3) is 21.5 Å². The SMILES string of the molecule is Cc1csc(-c2coc3cc(O[C@H]4O[C@@H](CO)[C@H](O)[C@H](O)[C@@H]4O)ccc3c2=O)n1. The normalized spacial score (nSPS) is 27.3. The minimum atomic E-state index is -1.55. The Balaban J connectivity index is 1.62. The molecule has 1 fully saturated rings. The molecule has 0 radical (unpaired) electrons. The molecule has 3 heterocycles. The Morgan fingerprint density at radius 1 is 1.21 bits per heavy atom. The summed E-state index contributed by atoms with van der Waals surface area (Å²) in [6.07, 6.45) is -5.63. The molecular formula is C19H19NO8S. The van der Waals surface area contributed by atoms with Crippen molar-refractivity contribution in [2.24, 2.45) is 0 Å². The van der Waals surface area contributed by atoms with Crippen LogP contribution in [0.3, 0.4) is 0 Å². The van der Waals surface area contributed by atoms with Crippen molar-refractivity contribution < 1.29 is 34.3 Å². The van der Waals surface area contributed by atoms with Crippen molar-refractivity contribution in [3.05, 3.63) is 45.8 Å². The number of benzene rings is 1. The van der Waals surface area contributed by atoms with E-state index < -0.39 is 37.3 Å². The third kappa shape index (κ3) is 3.66. The molecule has 4 rings (SSSR count). The Morgan fingerprint density at radius 3 is 2.69 bits per heavy atom. The van der Waals surface area contributed by atoms with E-state index in [9.17, 15) is 25.2 Å². The summed E-state index contributed by atoms with van der Waals surface area (Å²) < 4.78 is 16.5. The first-order chi connectivity index (χ1) is 13.9. The number of hydrogen-bond donors (Lipinski definition) is 4. The fourth-order valence-corrected chi connectivity index (χ4v) is 3.91. The molecule has 0 unspecified atom stereocenters. The molecule has 154 valence electrons. The van der Waals surface area contributed by atoms with Crippen molar-refractivity contribution in [1.82, 2.24) is 4.98 Å². The standard InChI is InChI=1S/C19H19NO8S/c1-8-7-29-18(20-8)11-6-26-12-4-9(2-3-10(12)14(11)22)27-19-17(25)16(24)15(23)13(5-21)28-19/h2-4,6-7,13,15-17,19,21,23-25H,5H2,1H3/t13-,15-,16-,17-,19-/m0/s1. The summed E-state index contributed by atoms with van der Waals surface area (Å²) in [6, 6.07) is 4.47. The zero-order chi connectivity index (χ0) is 20.7. The monoisotopic (exact) mass is 421 g/mol. The highest BCUT2D eigenvalue weighted by atomic mass is 32.1. The Hall–Kier alpha value is -2.34. The van der Waals surface area contributed by atoms with E-state index in [1.165, 1.54) is 35.8 Å². The Labute approximate surface area is 168 Å². The highest BCUT2D eigenvalue weighted by Gasteiger charge is 2.44. The number of nitrogens with zero attached hydrogens (tertiary/aromatic N) is 1. The van der Waals surface area contributed by atoms with E-state index in [0.717, 1.165) is 5.69 Å². The quantitative estimate of drug-likeness (QED) is 0.471. The molecule has 1 aliphatic heterocycles. The molecule has 0 spiro atoms. The van der Waals surface area contributed by atoms with Crippen molar-refractivity contribution in [2.75, 3.05) is 6.61 Å². The summed E-state index contributed by atoms with van der Waals surface area (Å²) in [4.78, 5) is 17.1. The number of ether oxygens (including phenoxy) is 2. The van der Waals surface area contributed by atoms with Crippen LogP contribution in [0.1, 0.15) is 5.69 Å². The van der Waals surface area contributed by atoms with Gasteiger partial charge in [0.05, 0.1) is 17.6 Å². The molecule has 0 amide bonds. The van der Waals surface area contributed by atoms with Gasteiger partial charge >= 0.3 is 0 Å². The highest BCUT2D eigenvalue weighted by Crippen LogP contribution is 2.28. The highest BCUT2D eigenvalue weighted by molar-refractivity contribution is 7.13. The third-order valence-electron chi connectivity index (χ3n) is 4.70. The Morgan fingerprint density at radius 2 is 2.00 bits per heavy atom. The van der Waals surface area contributed by atoms with Gasteiger partial charge in [-0.15, -0.1) is 11.3 Å². The topological polar surface area (TPSA) is 142 Å². The van der Waals surface area contributed by atoms with Crippen molar-refractivity contribution in [2.45, 2.75) is 37.6 Å². The second-order valence-corrected chi connectivity index (χ2v) is 7.60. The van der Waals surface area contributed by atoms with Crippen molar-refractivity contribution in [3.8, 4) is 16.3 Å². The minimum Gasteiger partial charge on any atom is -0.463 e. The van der Waals surface area contributed by atoms with E-state index in [4.69, 9.17) is 13.9 Å². The van der Waals surface area contributed by atoms with Gasteiger partial charge in [-0.3, -0.25) is 4.79 Å². The van der Waals surface area contributed by atoms with Crippen LogP contribution < -0.4 is 10.2 Å². The predicted molar refractivity (Wildman–Crippen MR) is 103 cm³/mol. The summed E-state index contributed by atoms with van der Waals surface area (Å²) in [7, 11) is 0. The van der Waals surface area contributed by atoms with Gasteiger partial charge in [0, 0.05) is 17.1 Å². The number of aliphatic hydroxyl groups excluding tert-OH is 4. The summed E-state index contributed by atoms with van der Waals surface area (Å²) in [5, 5.41) is 41.8. The minimum absolute atomic E-state index is 0.211. The Kier molecular flexibility index (Phi) is 5.38. The molecule has 9 nitrogen and oxygen atoms in total. The average molecular weight is 421 g/mol. The Bertz CT molecular complexity index is 1080. The lowest BCUT2D eigenvalue weighted by Crippen LogP contribution is -2.60. The zero-order valence-corrected chi connectivity index (χ0v) is 16.1. The second-order valence-electron chi connectivity index (χ2n) is 6.75. The van der Waals surface area contributed by atoms with Gasteiger partial charge < -0.3 is 34.3 Å². The number of hydrogen-bond acceptors (Lipinski definition) is 10. The molecule has 1 aromatic carbocycles. The average Bonchev–Trinajstić information content (AvgIpc) is 3.14. The maximum Gasteiger partial charge on any atom is 0.229 e. The van der Waals surface area contributed by atoms with Crippen LogP contribution in [0, 0.1) is 6.92 Å². The van der Waals surface area contributed by atoms with Crippen LogP contribution in [0.15, 0.2) is 39.1 Å². The van der Waals surface area contributed by atoms with Gasteiger partial charge in [-0.05, 0) is 19.1 Å². The van der Waals surface area contributed by atoms with Gasteiger partial charge in [-0.25, -0.2) is 4.98 Å². The van der Waals surface area contributed by atoms with Crippen molar-refractivity contribution in [3.63, 3.8) is 0 Å². The molecule has 10 heteroatoms. The molecule has 1 aliphatic rings. The molecule has 4 N–H and O–H groups in total. The number of thiazole rings is 1. The maximum absolute atomic E-state index is 12.8. The molecule has 0 bridgehead atoms. The fraction of sp³-hybridized carbons (Fsp3) is 0.368. The number of fused-ring (bicyclic) bond motifs is 1. The number of aromatic nitrogens is 1. The van der Waals surface area contributed by atoms with E-state index in [1.54, 1.807) is 0 Å². The number of rotatable bonds is 4. The van der Waals surface area contributed by atoms with Crippen molar-refractivity contribution in [1.29, 1.82) is 0 Å². The van der Waals surface area contributed by atoms with E-state index >= 15 is 0 Å². The van der Waals surface area contributed by atoms with Gasteiger partial charge in [0.2, 0.25) is 11.7 Å². The first kappa shape index (κ1) is 20.0. The molecule has 0 saturated carbocycles. The lowest BCUT2D eigenvalue weighted by Gasteiger charge is -2.39. The van der Waals surface area contributed by atoms with E-state index in [2.05, 4.69) is 4.98 Å². The van der Waals surface area contributed by atoms with Crippen LogP contribution in [0.5, 0.6) is 5.75 Å². The van der Waals surface area contributed by atoms with E-state index in [0.29, 0.717) is 16.0 Å².